The molecular formula is C44H86N+. The summed E-state index contributed by atoms with van der Waals surface area (Å²) < 4.78 is 2.14. The molecule has 0 aromatic rings. The van der Waals surface area contributed by atoms with E-state index in [9.17, 15) is 0 Å². The minimum Gasteiger partial charge on any atom is -0.242 e. The van der Waals surface area contributed by atoms with E-state index in [-0.39, 0.29) is 0 Å². The molecule has 0 aromatic heterocycles. The molecule has 0 radical (unpaired) electrons. The number of nitrogens with zero attached hydrogens (tertiary/aromatic N) is 1. The summed E-state index contributed by atoms with van der Waals surface area (Å²) in [6, 6.07) is 0.506. The van der Waals surface area contributed by atoms with Crippen LogP contribution < -0.4 is 0 Å². The van der Waals surface area contributed by atoms with Crippen molar-refractivity contribution >= 4 is 6.72 Å². The zero-order chi connectivity index (χ0) is 35.6. The Balaban J connectivity index is 0. The molecule has 5 saturated carbocycles. The van der Waals surface area contributed by atoms with Crippen LogP contribution in [0.4, 0.5) is 0 Å². The van der Waals surface area contributed by atoms with Crippen molar-refractivity contribution in [1.82, 2.24) is 0 Å². The summed E-state index contributed by atoms with van der Waals surface area (Å²) in [5, 5.41) is 0. The van der Waals surface area contributed by atoms with E-state index >= 15 is 0 Å². The highest BCUT2D eigenvalue weighted by atomic mass is 15.0. The zero-order valence-corrected chi connectivity index (χ0v) is 34.0. The van der Waals surface area contributed by atoms with Gasteiger partial charge in [0.15, 0.2) is 6.04 Å². The Morgan fingerprint density at radius 1 is 0.756 bits per heavy atom. The summed E-state index contributed by atoms with van der Waals surface area (Å²) in [6.07, 6.45) is 28.5. The molecule has 5 aliphatic rings. The summed E-state index contributed by atoms with van der Waals surface area (Å²) >= 11 is 0. The molecule has 45 heavy (non-hydrogen) atoms. The molecule has 0 aromatic carbocycles. The smallest absolute Gasteiger partial charge is 0.152 e. The number of hydrogen-bond donors (Lipinski definition) is 0. The van der Waals surface area contributed by atoms with Crippen LogP contribution in [0.25, 0.3) is 0 Å². The molecule has 0 heterocycles. The third kappa shape index (κ3) is 10.5. The fourth-order valence-electron chi connectivity index (χ4n) is 10.6. The van der Waals surface area contributed by atoms with Gasteiger partial charge in [0.25, 0.3) is 0 Å². The Labute approximate surface area is 287 Å². The van der Waals surface area contributed by atoms with Crippen molar-refractivity contribution in [3.05, 3.63) is 12.2 Å². The van der Waals surface area contributed by atoms with Gasteiger partial charge in [-0.25, -0.2) is 4.58 Å². The maximum Gasteiger partial charge on any atom is 0.152 e. The summed E-state index contributed by atoms with van der Waals surface area (Å²) in [4.78, 5) is 0. The van der Waals surface area contributed by atoms with Crippen molar-refractivity contribution in [2.45, 2.75) is 193 Å². The van der Waals surface area contributed by atoms with Crippen molar-refractivity contribution < 1.29 is 4.58 Å². The molecule has 0 N–H and O–H groups in total. The predicted molar refractivity (Wildman–Crippen MR) is 208 cm³/mol. The molecule has 0 aliphatic heterocycles. The Bertz CT molecular complexity index is 814. The number of fused-ring (bicyclic) bond motifs is 5. The lowest BCUT2D eigenvalue weighted by Crippen LogP contribution is -2.56. The molecule has 5 aliphatic carbocycles. The predicted octanol–water partition coefficient (Wildman–Crippen LogP) is 13.9. The highest BCUT2D eigenvalue weighted by molar-refractivity contribution is 5.20. The lowest BCUT2D eigenvalue weighted by molar-refractivity contribution is -0.525. The number of rotatable bonds is 6. The molecule has 5 fully saturated rings. The average Bonchev–Trinajstić information content (AvgIpc) is 3.85. The highest BCUT2D eigenvalue weighted by Crippen LogP contribution is 2.74. The van der Waals surface area contributed by atoms with Crippen molar-refractivity contribution in [2.24, 2.45) is 51.8 Å². The first-order valence-electron chi connectivity index (χ1n) is 20.1. The van der Waals surface area contributed by atoms with E-state index < -0.39 is 0 Å². The third-order valence-electron chi connectivity index (χ3n) is 12.3. The minimum absolute atomic E-state index is 0.506. The molecule has 0 amide bonds. The fraction of sp³-hybridized carbons (Fsp3) is 0.886. The Morgan fingerprint density at radius 3 is 1.73 bits per heavy atom. The quantitative estimate of drug-likeness (QED) is 0.119. The first kappa shape index (κ1) is 46.1. The second kappa shape index (κ2) is 22.5. The second-order valence-corrected chi connectivity index (χ2v) is 14.8. The van der Waals surface area contributed by atoms with Gasteiger partial charge in [-0.1, -0.05) is 109 Å². The Hall–Kier alpha value is -1.03. The van der Waals surface area contributed by atoms with E-state index in [1.165, 1.54) is 51.4 Å². The SMILES string of the molecule is C#C.C=C(CC(C)[N+](=C)C)C1CCC2C3CCC4CC(C)(C)CCC4(C4CC4)C3CCC12CC.CC.CC.CC.CC.CCC. The monoisotopic (exact) mass is 629 g/mol. The van der Waals surface area contributed by atoms with Gasteiger partial charge in [-0.05, 0) is 136 Å². The van der Waals surface area contributed by atoms with Crippen LogP contribution in [0.1, 0.15) is 187 Å². The minimum atomic E-state index is 0.506. The van der Waals surface area contributed by atoms with E-state index in [2.05, 4.69) is 72.7 Å². The summed E-state index contributed by atoms with van der Waals surface area (Å²) in [5.74, 6) is 5.94. The summed E-state index contributed by atoms with van der Waals surface area (Å²) in [7, 11) is 2.12. The van der Waals surface area contributed by atoms with Gasteiger partial charge in [0, 0.05) is 6.42 Å². The van der Waals surface area contributed by atoms with Crippen LogP contribution in [0.3, 0.4) is 0 Å². The van der Waals surface area contributed by atoms with Gasteiger partial charge in [0.05, 0.1) is 0 Å². The average molecular weight is 629 g/mol. The fourth-order valence-corrected chi connectivity index (χ4v) is 10.6. The largest absolute Gasteiger partial charge is 0.242 e. The second-order valence-electron chi connectivity index (χ2n) is 14.8. The van der Waals surface area contributed by atoms with Gasteiger partial charge < -0.3 is 0 Å². The standard InChI is InChI=1S/C31H52N.C3H8.4C2H6.C2H2/c1-8-30-16-15-28-25(27(30)14-13-26(30)21(2)19-22(3)32(6)7)12-11-24-20-29(4,5)17-18-31(24,28)23-9-10-23;1-3-2;5*1-2/h22-28H,2,6,8-20H2,1,3-5,7H3;3H2,1-2H3;4*1-2H3;1-2H/q+1;;;;;;. The van der Waals surface area contributed by atoms with Crippen LogP contribution in [0.2, 0.25) is 0 Å². The maximum atomic E-state index is 4.73. The van der Waals surface area contributed by atoms with E-state index in [1.807, 2.05) is 55.4 Å². The molecule has 0 saturated heterocycles. The van der Waals surface area contributed by atoms with E-state index in [1.54, 1.807) is 37.7 Å². The van der Waals surface area contributed by atoms with Crippen molar-refractivity contribution in [3.63, 3.8) is 0 Å². The number of terminal acetylenes is 1. The molecule has 0 spiro atoms. The van der Waals surface area contributed by atoms with Crippen molar-refractivity contribution in [2.75, 3.05) is 7.05 Å². The van der Waals surface area contributed by atoms with E-state index in [0.717, 1.165) is 47.3 Å². The molecular weight excluding hydrogens is 542 g/mol. The van der Waals surface area contributed by atoms with Crippen LogP contribution in [-0.4, -0.2) is 24.4 Å². The van der Waals surface area contributed by atoms with Crippen LogP contribution in [0.15, 0.2) is 12.2 Å². The zero-order valence-electron chi connectivity index (χ0n) is 34.0. The molecule has 0 bridgehead atoms. The van der Waals surface area contributed by atoms with Gasteiger partial charge in [-0.15, -0.1) is 12.8 Å². The molecule has 5 rings (SSSR count). The normalized spacial score (nSPS) is 33.7. The Kier molecular flexibility index (Phi) is 23.1. The molecule has 8 atom stereocenters. The lowest BCUT2D eigenvalue weighted by atomic mass is 9.41. The first-order chi connectivity index (χ1) is 21.6. The van der Waals surface area contributed by atoms with Crippen LogP contribution in [0.5, 0.6) is 0 Å². The highest BCUT2D eigenvalue weighted by Gasteiger charge is 2.65. The maximum absolute atomic E-state index is 4.73. The van der Waals surface area contributed by atoms with Gasteiger partial charge in [-0.3, -0.25) is 0 Å². The van der Waals surface area contributed by atoms with Gasteiger partial charge in [0.2, 0.25) is 0 Å². The van der Waals surface area contributed by atoms with Gasteiger partial charge in [0.1, 0.15) is 13.8 Å². The topological polar surface area (TPSA) is 3.01 Å². The van der Waals surface area contributed by atoms with Crippen molar-refractivity contribution in [1.29, 1.82) is 0 Å². The number of hydrogen-bond acceptors (Lipinski definition) is 0. The summed E-state index contributed by atoms with van der Waals surface area (Å²) in [6.45, 7) is 39.1. The van der Waals surface area contributed by atoms with Crippen molar-refractivity contribution in [3.8, 4) is 12.8 Å². The molecule has 1 nitrogen and oxygen atoms in total. The first-order valence-corrected chi connectivity index (χ1v) is 20.1. The van der Waals surface area contributed by atoms with Crippen LogP contribution in [0, 0.1) is 64.6 Å². The molecule has 1 heteroatoms. The lowest BCUT2D eigenvalue weighted by Gasteiger charge is -2.64. The molecule has 266 valence electrons. The van der Waals surface area contributed by atoms with Gasteiger partial charge in [-0.2, -0.15) is 0 Å². The third-order valence-corrected chi connectivity index (χ3v) is 12.3. The molecule has 8 unspecified atom stereocenters. The van der Waals surface area contributed by atoms with Crippen LogP contribution >= 0.6 is 0 Å². The van der Waals surface area contributed by atoms with Crippen LogP contribution in [-0.2, 0) is 0 Å². The van der Waals surface area contributed by atoms with Gasteiger partial charge >= 0.3 is 0 Å². The van der Waals surface area contributed by atoms with E-state index in [4.69, 9.17) is 6.58 Å². The Morgan fingerprint density at radius 2 is 1.27 bits per heavy atom. The van der Waals surface area contributed by atoms with E-state index in [0.29, 0.717) is 16.9 Å². The summed E-state index contributed by atoms with van der Waals surface area (Å²) in [5.41, 5.74) is 3.44.